The predicted molar refractivity (Wildman–Crippen MR) is 96.7 cm³/mol. The zero-order chi connectivity index (χ0) is 18.4. The van der Waals surface area contributed by atoms with Crippen molar-refractivity contribution in [2.45, 2.75) is 0 Å². The minimum atomic E-state index is -0.637. The molecule has 1 heterocycles. The van der Waals surface area contributed by atoms with Crippen molar-refractivity contribution >= 4 is 33.5 Å². The molecule has 0 saturated heterocycles. The Bertz CT molecular complexity index is 810. The third-order valence-electron chi connectivity index (χ3n) is 3.34. The van der Waals surface area contributed by atoms with E-state index in [2.05, 4.69) is 21.2 Å². The van der Waals surface area contributed by atoms with Crippen molar-refractivity contribution in [3.63, 3.8) is 0 Å². The van der Waals surface area contributed by atoms with Crippen LogP contribution in [0.4, 0.5) is 5.69 Å². The molecule has 136 valence electrons. The molecule has 0 fully saturated rings. The molecule has 26 heavy (non-hydrogen) atoms. The number of fused-ring (bicyclic) bond motifs is 1. The maximum absolute atomic E-state index is 11.9. The van der Waals surface area contributed by atoms with Crippen molar-refractivity contribution in [3.8, 4) is 17.2 Å². The summed E-state index contributed by atoms with van der Waals surface area (Å²) < 4.78 is 21.9. The van der Waals surface area contributed by atoms with Gasteiger partial charge < -0.3 is 24.3 Å². The Morgan fingerprint density at radius 3 is 2.65 bits per heavy atom. The Hall–Kier alpha value is -2.74. The van der Waals surface area contributed by atoms with Gasteiger partial charge in [0, 0.05) is 16.2 Å². The van der Waals surface area contributed by atoms with Crippen LogP contribution in [-0.2, 0) is 14.3 Å². The highest BCUT2D eigenvalue weighted by Crippen LogP contribution is 2.32. The second-order valence-corrected chi connectivity index (χ2v) is 6.23. The van der Waals surface area contributed by atoms with Crippen molar-refractivity contribution in [3.05, 3.63) is 46.9 Å². The molecule has 3 rings (SSSR count). The molecular formula is C18H16BrNO6. The van der Waals surface area contributed by atoms with E-state index in [1.807, 2.05) is 6.07 Å². The van der Waals surface area contributed by atoms with Gasteiger partial charge in [0.1, 0.15) is 19.0 Å². The average molecular weight is 422 g/mol. The first-order valence-corrected chi connectivity index (χ1v) is 8.63. The molecule has 8 heteroatoms. The van der Waals surface area contributed by atoms with Gasteiger partial charge in [-0.15, -0.1) is 0 Å². The molecule has 1 aliphatic heterocycles. The van der Waals surface area contributed by atoms with E-state index < -0.39 is 18.5 Å². The van der Waals surface area contributed by atoms with E-state index in [1.54, 1.807) is 36.4 Å². The summed E-state index contributed by atoms with van der Waals surface area (Å²) in [6.45, 7) is 0.263. The number of amides is 1. The van der Waals surface area contributed by atoms with Gasteiger partial charge in [-0.3, -0.25) is 4.79 Å². The minimum Gasteiger partial charge on any atom is -0.486 e. The monoisotopic (exact) mass is 421 g/mol. The van der Waals surface area contributed by atoms with Gasteiger partial charge in [-0.2, -0.15) is 0 Å². The normalized spacial score (nSPS) is 12.2. The summed E-state index contributed by atoms with van der Waals surface area (Å²) in [5.41, 5.74) is 0.528. The highest BCUT2D eigenvalue weighted by atomic mass is 79.9. The van der Waals surface area contributed by atoms with Gasteiger partial charge in [-0.25, -0.2) is 4.79 Å². The van der Waals surface area contributed by atoms with E-state index in [4.69, 9.17) is 18.9 Å². The SMILES string of the molecule is O=C(COC(=O)COc1cccc(Br)c1)Nc1ccc2c(c1)OCCO2. The molecule has 2 aromatic carbocycles. The first-order valence-electron chi connectivity index (χ1n) is 7.83. The molecule has 0 unspecified atom stereocenters. The lowest BCUT2D eigenvalue weighted by Gasteiger charge is -2.19. The highest BCUT2D eigenvalue weighted by Gasteiger charge is 2.14. The van der Waals surface area contributed by atoms with Gasteiger partial charge in [0.15, 0.2) is 24.7 Å². The van der Waals surface area contributed by atoms with Gasteiger partial charge in [-0.05, 0) is 30.3 Å². The van der Waals surface area contributed by atoms with E-state index in [0.717, 1.165) is 4.47 Å². The molecule has 0 bridgehead atoms. The smallest absolute Gasteiger partial charge is 0.344 e. The number of nitrogens with one attached hydrogen (secondary N) is 1. The van der Waals surface area contributed by atoms with E-state index in [-0.39, 0.29) is 6.61 Å². The summed E-state index contributed by atoms with van der Waals surface area (Å²) in [7, 11) is 0. The maximum atomic E-state index is 11.9. The minimum absolute atomic E-state index is 0.284. The van der Waals surface area contributed by atoms with E-state index in [1.165, 1.54) is 0 Å². The Morgan fingerprint density at radius 1 is 1.04 bits per heavy atom. The topological polar surface area (TPSA) is 83.1 Å². The van der Waals surface area contributed by atoms with Crippen LogP contribution in [0.25, 0.3) is 0 Å². The summed E-state index contributed by atoms with van der Waals surface area (Å²) in [5, 5.41) is 2.63. The number of carbonyl (C=O) groups excluding carboxylic acids is 2. The number of esters is 1. The second kappa shape index (κ2) is 8.57. The molecule has 7 nitrogen and oxygen atoms in total. The van der Waals surface area contributed by atoms with E-state index >= 15 is 0 Å². The largest absolute Gasteiger partial charge is 0.486 e. The van der Waals surface area contributed by atoms with Crippen LogP contribution >= 0.6 is 15.9 Å². The summed E-state index contributed by atoms with van der Waals surface area (Å²) in [6.07, 6.45) is 0. The molecule has 1 aliphatic rings. The molecular weight excluding hydrogens is 406 g/mol. The van der Waals surface area contributed by atoms with Crippen LogP contribution in [0.5, 0.6) is 17.2 Å². The fourth-order valence-corrected chi connectivity index (χ4v) is 2.58. The number of halogens is 1. The number of carbonyl (C=O) groups is 2. The van der Waals surface area contributed by atoms with Gasteiger partial charge >= 0.3 is 5.97 Å². The number of anilines is 1. The molecule has 1 amide bonds. The van der Waals surface area contributed by atoms with Gasteiger partial charge in [0.05, 0.1) is 0 Å². The Labute approximate surface area is 158 Å². The molecule has 1 N–H and O–H groups in total. The van der Waals surface area contributed by atoms with Gasteiger partial charge in [-0.1, -0.05) is 22.0 Å². The molecule has 0 radical (unpaired) electrons. The first kappa shape index (κ1) is 18.1. The zero-order valence-electron chi connectivity index (χ0n) is 13.7. The number of ether oxygens (including phenoxy) is 4. The Kier molecular flexibility index (Phi) is 5.96. The van der Waals surface area contributed by atoms with Crippen LogP contribution < -0.4 is 19.5 Å². The quantitative estimate of drug-likeness (QED) is 0.722. The summed E-state index contributed by atoms with van der Waals surface area (Å²) in [4.78, 5) is 23.6. The highest BCUT2D eigenvalue weighted by molar-refractivity contribution is 9.10. The van der Waals surface area contributed by atoms with Crippen molar-refractivity contribution < 1.29 is 28.5 Å². The first-order chi connectivity index (χ1) is 12.6. The molecule has 0 aliphatic carbocycles. The zero-order valence-corrected chi connectivity index (χ0v) is 15.3. The molecule has 0 spiro atoms. The number of rotatable bonds is 6. The predicted octanol–water partition coefficient (Wildman–Crippen LogP) is 2.78. The third-order valence-corrected chi connectivity index (χ3v) is 3.84. The van der Waals surface area contributed by atoms with Crippen LogP contribution in [0.1, 0.15) is 0 Å². The Balaban J connectivity index is 1.43. The van der Waals surface area contributed by atoms with Gasteiger partial charge in [0.25, 0.3) is 5.91 Å². The van der Waals surface area contributed by atoms with Crippen LogP contribution in [0.2, 0.25) is 0 Å². The molecule has 2 aromatic rings. The third kappa shape index (κ3) is 5.13. The number of hydrogen-bond donors (Lipinski definition) is 1. The maximum Gasteiger partial charge on any atom is 0.344 e. The van der Waals surface area contributed by atoms with E-state index in [9.17, 15) is 9.59 Å². The lowest BCUT2D eigenvalue weighted by molar-refractivity contribution is -0.149. The second-order valence-electron chi connectivity index (χ2n) is 5.31. The standard InChI is InChI=1S/C18H16BrNO6/c19-12-2-1-3-14(8-12)25-11-18(22)26-10-17(21)20-13-4-5-15-16(9-13)24-7-6-23-15/h1-5,8-9H,6-7,10-11H2,(H,20,21). The van der Waals surface area contributed by atoms with Crippen LogP contribution in [-0.4, -0.2) is 38.3 Å². The lowest BCUT2D eigenvalue weighted by Crippen LogP contribution is -2.23. The fourth-order valence-electron chi connectivity index (χ4n) is 2.20. The van der Waals surface area contributed by atoms with Crippen molar-refractivity contribution in [2.24, 2.45) is 0 Å². The number of benzene rings is 2. The average Bonchev–Trinajstić information content (AvgIpc) is 2.65. The molecule has 0 atom stereocenters. The fraction of sp³-hybridized carbons (Fsp3) is 0.222. The summed E-state index contributed by atoms with van der Waals surface area (Å²) in [5.74, 6) is 0.621. The lowest BCUT2D eigenvalue weighted by atomic mass is 10.2. The Morgan fingerprint density at radius 2 is 1.85 bits per heavy atom. The van der Waals surface area contributed by atoms with Crippen molar-refractivity contribution in [2.75, 3.05) is 31.7 Å². The number of hydrogen-bond acceptors (Lipinski definition) is 6. The summed E-state index contributed by atoms with van der Waals surface area (Å²) >= 11 is 3.31. The van der Waals surface area contributed by atoms with Gasteiger partial charge in [0.2, 0.25) is 0 Å². The van der Waals surface area contributed by atoms with Crippen LogP contribution in [0.3, 0.4) is 0 Å². The van der Waals surface area contributed by atoms with E-state index in [0.29, 0.717) is 36.1 Å². The van der Waals surface area contributed by atoms with Crippen LogP contribution in [0, 0.1) is 0 Å². The van der Waals surface area contributed by atoms with Crippen molar-refractivity contribution in [1.29, 1.82) is 0 Å². The summed E-state index contributed by atoms with van der Waals surface area (Å²) in [6, 6.07) is 12.1. The van der Waals surface area contributed by atoms with Crippen LogP contribution in [0.15, 0.2) is 46.9 Å². The molecule has 0 aromatic heterocycles. The molecule has 0 saturated carbocycles. The van der Waals surface area contributed by atoms with Crippen molar-refractivity contribution in [1.82, 2.24) is 0 Å².